The number of Topliss-reactive ketones (excluding diaryl/α,β-unsaturated/α-hetero) is 1. The second-order valence-electron chi connectivity index (χ2n) is 17.3. The summed E-state index contributed by atoms with van der Waals surface area (Å²) < 4.78 is 10.4. The highest BCUT2D eigenvalue weighted by Gasteiger charge is 2.33. The number of carboxylic acid groups (broad SMARTS) is 1. The highest BCUT2D eigenvalue weighted by Crippen LogP contribution is 2.36. The number of rotatable bonds is 9. The van der Waals surface area contributed by atoms with Crippen LogP contribution in [0.5, 0.6) is 0 Å². The number of methoxy groups -OCH3 is 1. The minimum Gasteiger partial charge on any atom is -0.477 e. The van der Waals surface area contributed by atoms with Gasteiger partial charge in [0, 0.05) is 36.0 Å². The number of nitrogens with zero attached hydrogens (tertiary/aromatic N) is 3. The van der Waals surface area contributed by atoms with Crippen molar-refractivity contribution >= 4 is 52.0 Å². The summed E-state index contributed by atoms with van der Waals surface area (Å²) in [5.41, 5.74) is 0.779. The Morgan fingerprint density at radius 1 is 0.821 bits per heavy atom. The molecule has 56 heavy (non-hydrogen) atoms. The van der Waals surface area contributed by atoms with E-state index in [0.29, 0.717) is 33.7 Å². The van der Waals surface area contributed by atoms with Crippen molar-refractivity contribution < 1.29 is 33.4 Å². The minimum absolute atomic E-state index is 0.0366. The number of aromatic nitrogens is 2. The monoisotopic (exact) mass is 803 g/mol. The summed E-state index contributed by atoms with van der Waals surface area (Å²) in [7, 11) is 1.37. The SMILES string of the molecule is COC(=O)c1sc(C#CC(C)(C)C)cc1CC(=O)C1CCC(C)CC1.Cc1nnc(CN(C(=O)C2CCC(C)CC2)c2cc(C#CC(C)(C)C)sc2C(=O)O)o1. The first-order chi connectivity index (χ1) is 26.2. The molecular weight excluding hydrogens is 747 g/mol. The molecule has 10 nitrogen and oxygen atoms in total. The van der Waals surface area contributed by atoms with Crippen molar-refractivity contribution in [3.63, 3.8) is 0 Å². The molecule has 3 heterocycles. The van der Waals surface area contributed by atoms with Gasteiger partial charge in [-0.2, -0.15) is 0 Å². The second-order valence-corrected chi connectivity index (χ2v) is 19.4. The molecule has 2 aliphatic carbocycles. The third kappa shape index (κ3) is 13.2. The fourth-order valence-electron chi connectivity index (χ4n) is 6.64. The van der Waals surface area contributed by atoms with Gasteiger partial charge < -0.3 is 19.2 Å². The molecule has 0 radical (unpaired) electrons. The zero-order chi connectivity index (χ0) is 41.4. The third-order valence-corrected chi connectivity index (χ3v) is 11.9. The lowest BCUT2D eigenvalue weighted by Crippen LogP contribution is -2.38. The normalized spacial score (nSPS) is 19.6. The zero-order valence-electron chi connectivity index (χ0n) is 34.6. The number of hydrogen-bond acceptors (Lipinski definition) is 10. The molecule has 12 heteroatoms. The maximum atomic E-state index is 13.5. The topological polar surface area (TPSA) is 140 Å². The Hall–Kier alpha value is -4.26. The quantitative estimate of drug-likeness (QED) is 0.165. The van der Waals surface area contributed by atoms with Gasteiger partial charge in [-0.15, -0.1) is 32.9 Å². The number of ketones is 1. The van der Waals surface area contributed by atoms with Crippen molar-refractivity contribution in [1.29, 1.82) is 0 Å². The van der Waals surface area contributed by atoms with Crippen molar-refractivity contribution in [3.8, 4) is 23.7 Å². The van der Waals surface area contributed by atoms with Gasteiger partial charge in [-0.3, -0.25) is 9.59 Å². The molecule has 2 aliphatic rings. The molecule has 0 aromatic carbocycles. The Bertz CT molecular complexity index is 1990. The molecule has 1 amide bonds. The molecular formula is C44H57N3O7S2. The molecule has 0 aliphatic heterocycles. The number of aryl methyl sites for hydroxylation is 1. The van der Waals surface area contributed by atoms with Gasteiger partial charge in [0.1, 0.15) is 22.1 Å². The summed E-state index contributed by atoms with van der Waals surface area (Å²) in [6, 6.07) is 3.58. The van der Waals surface area contributed by atoms with Crippen molar-refractivity contribution in [2.24, 2.45) is 34.5 Å². The molecule has 2 fully saturated rings. The van der Waals surface area contributed by atoms with Crippen LogP contribution in [0.15, 0.2) is 16.5 Å². The molecule has 1 N–H and O–H groups in total. The number of aromatic carboxylic acids is 1. The highest BCUT2D eigenvalue weighted by molar-refractivity contribution is 7.15. The average molecular weight is 804 g/mol. The molecule has 0 spiro atoms. The van der Waals surface area contributed by atoms with E-state index in [4.69, 9.17) is 9.15 Å². The van der Waals surface area contributed by atoms with Crippen molar-refractivity contribution in [1.82, 2.24) is 10.2 Å². The summed E-state index contributed by atoms with van der Waals surface area (Å²) in [5.74, 6) is 13.2. The van der Waals surface area contributed by atoms with E-state index in [2.05, 4.69) is 47.7 Å². The van der Waals surface area contributed by atoms with Crippen LogP contribution in [0.25, 0.3) is 0 Å². The largest absolute Gasteiger partial charge is 0.477 e. The van der Waals surface area contributed by atoms with E-state index in [1.807, 2.05) is 47.6 Å². The van der Waals surface area contributed by atoms with Crippen LogP contribution in [-0.2, 0) is 27.3 Å². The van der Waals surface area contributed by atoms with Crippen molar-refractivity contribution in [2.45, 2.75) is 127 Å². The molecule has 302 valence electrons. The van der Waals surface area contributed by atoms with Crippen molar-refractivity contribution in [3.05, 3.63) is 49.0 Å². The Morgan fingerprint density at radius 2 is 1.34 bits per heavy atom. The summed E-state index contributed by atoms with van der Waals surface area (Å²) >= 11 is 2.40. The van der Waals surface area contributed by atoms with E-state index >= 15 is 0 Å². The van der Waals surface area contributed by atoms with Gasteiger partial charge in [0.05, 0.1) is 22.6 Å². The summed E-state index contributed by atoms with van der Waals surface area (Å²) in [5, 5.41) is 17.7. The Balaban J connectivity index is 0.000000255. The molecule has 0 saturated heterocycles. The number of ether oxygens (including phenoxy) is 1. The molecule has 0 atom stereocenters. The Kier molecular flexibility index (Phi) is 15.3. The van der Waals surface area contributed by atoms with Crippen molar-refractivity contribution in [2.75, 3.05) is 12.0 Å². The van der Waals surface area contributed by atoms with Gasteiger partial charge in [0.2, 0.25) is 17.7 Å². The first-order valence-electron chi connectivity index (χ1n) is 19.5. The number of carbonyl (C=O) groups is 4. The number of thiophene rings is 2. The van der Waals surface area contributed by atoms with Crippen LogP contribution in [0.1, 0.15) is 153 Å². The first kappa shape index (κ1) is 44.5. The van der Waals surface area contributed by atoms with Gasteiger partial charge >= 0.3 is 11.9 Å². The predicted molar refractivity (Wildman–Crippen MR) is 221 cm³/mol. The van der Waals surface area contributed by atoms with Gasteiger partial charge in [0.15, 0.2) is 0 Å². The molecule has 0 unspecified atom stereocenters. The third-order valence-electron chi connectivity index (χ3n) is 9.83. The Morgan fingerprint density at radius 3 is 1.82 bits per heavy atom. The maximum absolute atomic E-state index is 13.5. The fourth-order valence-corrected chi connectivity index (χ4v) is 8.45. The van der Waals surface area contributed by atoms with Crippen LogP contribution in [0.3, 0.4) is 0 Å². The predicted octanol–water partition coefficient (Wildman–Crippen LogP) is 9.77. The van der Waals surface area contributed by atoms with Gasteiger partial charge in [0.25, 0.3) is 0 Å². The van der Waals surface area contributed by atoms with E-state index in [9.17, 15) is 24.3 Å². The van der Waals surface area contributed by atoms with Crippen LogP contribution in [-0.4, -0.2) is 46.0 Å². The lowest BCUT2D eigenvalue weighted by Gasteiger charge is -2.30. The average Bonchev–Trinajstić information content (AvgIpc) is 3.87. The summed E-state index contributed by atoms with van der Waals surface area (Å²) in [6.45, 7) is 18.3. The molecule has 3 aromatic rings. The first-order valence-corrected chi connectivity index (χ1v) is 21.1. The maximum Gasteiger partial charge on any atom is 0.348 e. The zero-order valence-corrected chi connectivity index (χ0v) is 36.2. The second kappa shape index (κ2) is 19.3. The number of carbonyl (C=O) groups excluding carboxylic acids is 3. The molecule has 3 aromatic heterocycles. The Labute approximate surface area is 340 Å². The van der Waals surface area contributed by atoms with E-state index in [-0.39, 0.29) is 57.6 Å². The van der Waals surface area contributed by atoms with Crippen LogP contribution in [0.2, 0.25) is 0 Å². The van der Waals surface area contributed by atoms with E-state index < -0.39 is 5.97 Å². The van der Waals surface area contributed by atoms with Gasteiger partial charge in [-0.1, -0.05) is 50.4 Å². The molecule has 0 bridgehead atoms. The lowest BCUT2D eigenvalue weighted by atomic mass is 9.79. The van der Waals surface area contributed by atoms with Crippen LogP contribution >= 0.6 is 22.7 Å². The summed E-state index contributed by atoms with van der Waals surface area (Å²) in [6.07, 6.45) is 8.03. The number of amides is 1. The van der Waals surface area contributed by atoms with E-state index in [1.54, 1.807) is 13.0 Å². The molecule has 5 rings (SSSR count). The van der Waals surface area contributed by atoms with E-state index in [0.717, 1.165) is 79.1 Å². The molecule has 2 saturated carbocycles. The van der Waals surface area contributed by atoms with Gasteiger partial charge in [-0.05, 0) is 110 Å². The number of esters is 1. The lowest BCUT2D eigenvalue weighted by molar-refractivity contribution is -0.124. The number of carboxylic acids is 1. The minimum atomic E-state index is -1.08. The van der Waals surface area contributed by atoms with Gasteiger partial charge in [-0.25, -0.2) is 9.59 Å². The number of anilines is 1. The highest BCUT2D eigenvalue weighted by atomic mass is 32.1. The smallest absolute Gasteiger partial charge is 0.348 e. The number of hydrogen-bond donors (Lipinski definition) is 1. The fraction of sp³-hybridized carbons (Fsp3) is 0.591. The van der Waals surface area contributed by atoms with E-state index in [1.165, 1.54) is 23.3 Å². The standard InChI is InChI=1S/C23H29N3O4S.C21H28O3S/c1-14-6-8-16(9-7-14)21(27)26(13-19-25-24-15(2)30-19)18-12-17(10-11-23(3,4)5)31-20(18)22(28)29;1-14-6-8-15(9-7-14)18(22)13-16-12-17(10-11-21(2,3)4)25-19(16)20(23)24-5/h12,14,16H,6-9,13H2,1-5H3,(H,28,29);12,14-15H,6-9,13H2,1-5H3. The van der Waals surface area contributed by atoms with Crippen LogP contribution in [0, 0.1) is 65.1 Å². The van der Waals surface area contributed by atoms with Crippen LogP contribution in [0.4, 0.5) is 5.69 Å². The summed E-state index contributed by atoms with van der Waals surface area (Å²) in [4.78, 5) is 53.8. The van der Waals surface area contributed by atoms with Crippen LogP contribution < -0.4 is 4.90 Å².